The van der Waals surface area contributed by atoms with E-state index in [0.717, 1.165) is 11.1 Å². The zero-order valence-corrected chi connectivity index (χ0v) is 8.07. The van der Waals surface area contributed by atoms with E-state index >= 15 is 0 Å². The molecule has 0 aromatic heterocycles. The number of ketones is 1. The summed E-state index contributed by atoms with van der Waals surface area (Å²) >= 11 is 0. The van der Waals surface area contributed by atoms with Crippen LogP contribution in [0.25, 0.3) is 0 Å². The summed E-state index contributed by atoms with van der Waals surface area (Å²) in [6.45, 7) is 2.25. The largest absolute Gasteiger partial charge is 0.365 e. The van der Waals surface area contributed by atoms with E-state index in [1.165, 1.54) is 0 Å². The normalized spacial score (nSPS) is 19.9. The van der Waals surface area contributed by atoms with E-state index in [9.17, 15) is 4.79 Å². The molecule has 0 saturated carbocycles. The predicted molar refractivity (Wildman–Crippen MR) is 54.3 cm³/mol. The van der Waals surface area contributed by atoms with Crippen molar-refractivity contribution in [2.24, 2.45) is 0 Å². The van der Waals surface area contributed by atoms with Crippen molar-refractivity contribution in [2.45, 2.75) is 13.0 Å². The smallest absolute Gasteiger partial charge is 0.159 e. The summed E-state index contributed by atoms with van der Waals surface area (Å²) in [5.41, 5.74) is 1.85. The SMILES string of the molecule is CC(=O)c1ccc(C2C=CCO2)cc1. The van der Waals surface area contributed by atoms with Gasteiger partial charge < -0.3 is 4.74 Å². The van der Waals surface area contributed by atoms with Gasteiger partial charge in [-0.25, -0.2) is 0 Å². The van der Waals surface area contributed by atoms with Crippen molar-refractivity contribution in [3.05, 3.63) is 47.5 Å². The van der Waals surface area contributed by atoms with Gasteiger partial charge in [0.1, 0.15) is 6.10 Å². The van der Waals surface area contributed by atoms with E-state index in [1.807, 2.05) is 36.4 Å². The van der Waals surface area contributed by atoms with E-state index in [0.29, 0.717) is 6.61 Å². The lowest BCUT2D eigenvalue weighted by molar-refractivity contribution is 0.101. The monoisotopic (exact) mass is 188 g/mol. The van der Waals surface area contributed by atoms with Gasteiger partial charge in [-0.1, -0.05) is 36.4 Å². The Bertz CT molecular complexity index is 362. The Balaban J connectivity index is 2.21. The molecule has 0 radical (unpaired) electrons. The molecule has 1 atom stereocenters. The van der Waals surface area contributed by atoms with Crippen molar-refractivity contribution in [3.63, 3.8) is 0 Å². The van der Waals surface area contributed by atoms with E-state index in [-0.39, 0.29) is 11.9 Å². The highest BCUT2D eigenvalue weighted by Gasteiger charge is 2.11. The van der Waals surface area contributed by atoms with Crippen LogP contribution < -0.4 is 0 Å². The Hall–Kier alpha value is -1.41. The van der Waals surface area contributed by atoms with Crippen LogP contribution in [0.15, 0.2) is 36.4 Å². The number of carbonyl (C=O) groups excluding carboxylic acids is 1. The minimum absolute atomic E-state index is 0.0657. The fourth-order valence-corrected chi connectivity index (χ4v) is 1.51. The van der Waals surface area contributed by atoms with Gasteiger partial charge in [0.25, 0.3) is 0 Å². The molecule has 14 heavy (non-hydrogen) atoms. The number of rotatable bonds is 2. The molecule has 2 heteroatoms. The Morgan fingerprint density at radius 3 is 2.57 bits per heavy atom. The zero-order valence-electron chi connectivity index (χ0n) is 8.07. The molecule has 1 aliphatic heterocycles. The Labute approximate surface area is 83.2 Å². The number of ether oxygens (including phenoxy) is 1. The highest BCUT2D eigenvalue weighted by molar-refractivity contribution is 5.94. The first-order valence-corrected chi connectivity index (χ1v) is 4.66. The first-order chi connectivity index (χ1) is 6.77. The Morgan fingerprint density at radius 2 is 2.07 bits per heavy atom. The Morgan fingerprint density at radius 1 is 1.36 bits per heavy atom. The minimum Gasteiger partial charge on any atom is -0.365 e. The maximum absolute atomic E-state index is 11.0. The molecule has 2 rings (SSSR count). The molecule has 2 nitrogen and oxygen atoms in total. The zero-order chi connectivity index (χ0) is 9.97. The topological polar surface area (TPSA) is 26.3 Å². The molecule has 1 aliphatic rings. The quantitative estimate of drug-likeness (QED) is 0.526. The van der Waals surface area contributed by atoms with Crippen molar-refractivity contribution < 1.29 is 9.53 Å². The van der Waals surface area contributed by atoms with Crippen LogP contribution in [0.2, 0.25) is 0 Å². The average Bonchev–Trinajstić information content (AvgIpc) is 2.71. The van der Waals surface area contributed by atoms with Crippen molar-refractivity contribution >= 4 is 5.78 Å². The van der Waals surface area contributed by atoms with Crippen LogP contribution in [-0.2, 0) is 4.74 Å². The second-order valence-electron chi connectivity index (χ2n) is 3.36. The number of hydrogen-bond acceptors (Lipinski definition) is 2. The highest BCUT2D eigenvalue weighted by Crippen LogP contribution is 2.23. The third kappa shape index (κ3) is 1.75. The van der Waals surface area contributed by atoms with E-state index in [2.05, 4.69) is 0 Å². The summed E-state index contributed by atoms with van der Waals surface area (Å²) in [5, 5.41) is 0. The molecule has 1 heterocycles. The average molecular weight is 188 g/mol. The third-order valence-electron chi connectivity index (χ3n) is 2.33. The first kappa shape index (κ1) is 9.16. The summed E-state index contributed by atoms with van der Waals surface area (Å²) in [7, 11) is 0. The Kier molecular flexibility index (Phi) is 2.46. The fraction of sp³-hybridized carbons (Fsp3) is 0.250. The molecule has 0 fully saturated rings. The van der Waals surface area contributed by atoms with Gasteiger partial charge in [0.05, 0.1) is 6.61 Å². The van der Waals surface area contributed by atoms with Gasteiger partial charge in [-0.2, -0.15) is 0 Å². The number of Topliss-reactive ketones (excluding diaryl/α,β-unsaturated/α-hetero) is 1. The lowest BCUT2D eigenvalue weighted by Gasteiger charge is -2.08. The van der Waals surface area contributed by atoms with E-state index in [1.54, 1.807) is 6.92 Å². The molecule has 0 aliphatic carbocycles. The van der Waals surface area contributed by atoms with Crippen LogP contribution in [0, 0.1) is 0 Å². The van der Waals surface area contributed by atoms with Crippen LogP contribution >= 0.6 is 0 Å². The number of carbonyl (C=O) groups is 1. The first-order valence-electron chi connectivity index (χ1n) is 4.66. The van der Waals surface area contributed by atoms with Gasteiger partial charge in [0, 0.05) is 5.56 Å². The molecule has 0 saturated heterocycles. The number of benzene rings is 1. The van der Waals surface area contributed by atoms with Gasteiger partial charge in [0.2, 0.25) is 0 Å². The van der Waals surface area contributed by atoms with Gasteiger partial charge >= 0.3 is 0 Å². The second-order valence-corrected chi connectivity index (χ2v) is 3.36. The van der Waals surface area contributed by atoms with Gasteiger partial charge in [-0.05, 0) is 12.5 Å². The summed E-state index contributed by atoms with van der Waals surface area (Å²) < 4.78 is 5.44. The van der Waals surface area contributed by atoms with Gasteiger partial charge in [-0.15, -0.1) is 0 Å². The predicted octanol–water partition coefficient (Wildman–Crippen LogP) is 2.52. The molecule has 1 aromatic rings. The lowest BCUT2D eigenvalue weighted by Crippen LogP contribution is -1.97. The van der Waals surface area contributed by atoms with Gasteiger partial charge in [-0.3, -0.25) is 4.79 Å². The molecule has 0 bridgehead atoms. The summed E-state index contributed by atoms with van der Waals surface area (Å²) in [5.74, 6) is 0.0967. The van der Waals surface area contributed by atoms with Gasteiger partial charge in [0.15, 0.2) is 5.78 Å². The molecular weight excluding hydrogens is 176 g/mol. The molecule has 1 unspecified atom stereocenters. The number of hydrogen-bond donors (Lipinski definition) is 0. The van der Waals surface area contributed by atoms with Crippen LogP contribution in [0.4, 0.5) is 0 Å². The second kappa shape index (κ2) is 3.76. The summed E-state index contributed by atoms with van der Waals surface area (Å²) in [6.07, 6.45) is 4.10. The maximum Gasteiger partial charge on any atom is 0.159 e. The lowest BCUT2D eigenvalue weighted by atomic mass is 10.1. The standard InChI is InChI=1S/C12H12O2/c1-9(13)10-4-6-11(7-5-10)12-3-2-8-14-12/h2-7,12H,8H2,1H3. The van der Waals surface area contributed by atoms with E-state index < -0.39 is 0 Å². The van der Waals surface area contributed by atoms with Crippen LogP contribution in [0.5, 0.6) is 0 Å². The molecule has 1 aromatic carbocycles. The molecular formula is C12H12O2. The summed E-state index contributed by atoms with van der Waals surface area (Å²) in [4.78, 5) is 11.0. The molecule has 0 spiro atoms. The minimum atomic E-state index is 0.0657. The van der Waals surface area contributed by atoms with Crippen molar-refractivity contribution in [3.8, 4) is 0 Å². The summed E-state index contributed by atoms with van der Waals surface area (Å²) in [6, 6.07) is 7.56. The van der Waals surface area contributed by atoms with Crippen LogP contribution in [0.1, 0.15) is 28.9 Å². The molecule has 0 amide bonds. The van der Waals surface area contributed by atoms with Crippen LogP contribution in [0.3, 0.4) is 0 Å². The fourth-order valence-electron chi connectivity index (χ4n) is 1.51. The van der Waals surface area contributed by atoms with Crippen LogP contribution in [-0.4, -0.2) is 12.4 Å². The third-order valence-corrected chi connectivity index (χ3v) is 2.33. The van der Waals surface area contributed by atoms with E-state index in [4.69, 9.17) is 4.74 Å². The van der Waals surface area contributed by atoms with Crippen molar-refractivity contribution in [1.82, 2.24) is 0 Å². The molecule has 0 N–H and O–H groups in total. The highest BCUT2D eigenvalue weighted by atomic mass is 16.5. The van der Waals surface area contributed by atoms with Crippen molar-refractivity contribution in [2.75, 3.05) is 6.61 Å². The maximum atomic E-state index is 11.0. The van der Waals surface area contributed by atoms with Crippen molar-refractivity contribution in [1.29, 1.82) is 0 Å². The molecule has 72 valence electrons.